The fourth-order valence-electron chi connectivity index (χ4n) is 2.22. The highest BCUT2D eigenvalue weighted by Gasteiger charge is 2.23. The number of piperidine rings is 1. The van der Waals surface area contributed by atoms with Crippen LogP contribution < -0.4 is 5.32 Å². The van der Waals surface area contributed by atoms with Gasteiger partial charge in [-0.05, 0) is 33.0 Å². The highest BCUT2D eigenvalue weighted by Crippen LogP contribution is 2.20. The van der Waals surface area contributed by atoms with Gasteiger partial charge >= 0.3 is 0 Å². The van der Waals surface area contributed by atoms with Gasteiger partial charge in [-0.25, -0.2) is 0 Å². The van der Waals surface area contributed by atoms with Crippen LogP contribution in [-0.2, 0) is 12.0 Å². The third kappa shape index (κ3) is 3.29. The number of aromatic nitrogens is 2. The van der Waals surface area contributed by atoms with Crippen molar-refractivity contribution in [2.24, 2.45) is 0 Å². The van der Waals surface area contributed by atoms with Crippen LogP contribution in [0.25, 0.3) is 0 Å². The molecule has 0 spiro atoms. The zero-order valence-corrected chi connectivity index (χ0v) is 11.9. The quantitative estimate of drug-likeness (QED) is 0.884. The van der Waals surface area contributed by atoms with E-state index < -0.39 is 0 Å². The van der Waals surface area contributed by atoms with Crippen LogP contribution in [0.3, 0.4) is 0 Å². The standard InChI is InChI=1S/C13H24N4O/c1-13(2,3)12-15-11(16-18-12)9-17(4)10-5-7-14-8-6-10/h10,14H,5-9H2,1-4H3. The Balaban J connectivity index is 1.94. The van der Waals surface area contributed by atoms with Gasteiger partial charge in [-0.1, -0.05) is 25.9 Å². The average molecular weight is 252 g/mol. The van der Waals surface area contributed by atoms with Gasteiger partial charge in [0.15, 0.2) is 5.82 Å². The Labute approximate surface area is 109 Å². The summed E-state index contributed by atoms with van der Waals surface area (Å²) in [4.78, 5) is 6.81. The second-order valence-corrected chi connectivity index (χ2v) is 6.16. The SMILES string of the molecule is CN(Cc1noc(C(C)(C)C)n1)C1CCNCC1. The molecule has 1 aliphatic rings. The van der Waals surface area contributed by atoms with Crippen molar-refractivity contribution in [1.82, 2.24) is 20.4 Å². The molecule has 1 aromatic heterocycles. The smallest absolute Gasteiger partial charge is 0.232 e. The van der Waals surface area contributed by atoms with Crippen molar-refractivity contribution >= 4 is 0 Å². The molecule has 1 saturated heterocycles. The molecule has 0 amide bonds. The second-order valence-electron chi connectivity index (χ2n) is 6.16. The lowest BCUT2D eigenvalue weighted by Gasteiger charge is -2.30. The Morgan fingerprint density at radius 3 is 2.56 bits per heavy atom. The summed E-state index contributed by atoms with van der Waals surface area (Å²) in [5.41, 5.74) is -0.0709. The topological polar surface area (TPSA) is 54.2 Å². The number of nitrogens with zero attached hydrogens (tertiary/aromatic N) is 3. The molecule has 2 rings (SSSR count). The van der Waals surface area contributed by atoms with Crippen LogP contribution in [0.4, 0.5) is 0 Å². The van der Waals surface area contributed by atoms with Crippen molar-refractivity contribution in [3.63, 3.8) is 0 Å². The molecule has 5 nitrogen and oxygen atoms in total. The zero-order chi connectivity index (χ0) is 13.2. The van der Waals surface area contributed by atoms with Crippen LogP contribution in [0, 0.1) is 0 Å². The number of rotatable bonds is 3. The van der Waals surface area contributed by atoms with Crippen molar-refractivity contribution in [1.29, 1.82) is 0 Å². The molecule has 1 N–H and O–H groups in total. The van der Waals surface area contributed by atoms with Crippen LogP contribution in [0.2, 0.25) is 0 Å². The van der Waals surface area contributed by atoms with Crippen LogP contribution >= 0.6 is 0 Å². The Morgan fingerprint density at radius 2 is 2.00 bits per heavy atom. The number of hydrogen-bond donors (Lipinski definition) is 1. The van der Waals surface area contributed by atoms with Crippen molar-refractivity contribution in [2.75, 3.05) is 20.1 Å². The molecule has 0 bridgehead atoms. The molecule has 5 heteroatoms. The van der Waals surface area contributed by atoms with Crippen LogP contribution in [-0.4, -0.2) is 41.2 Å². The molecule has 0 aliphatic carbocycles. The van der Waals surface area contributed by atoms with E-state index >= 15 is 0 Å². The van der Waals surface area contributed by atoms with E-state index in [9.17, 15) is 0 Å². The van der Waals surface area contributed by atoms with Crippen LogP contribution in [0.1, 0.15) is 45.3 Å². The maximum atomic E-state index is 5.32. The van der Waals surface area contributed by atoms with Gasteiger partial charge in [0.05, 0.1) is 6.54 Å². The van der Waals surface area contributed by atoms with E-state index in [-0.39, 0.29) is 5.41 Å². The monoisotopic (exact) mass is 252 g/mol. The van der Waals surface area contributed by atoms with Crippen LogP contribution in [0.15, 0.2) is 4.52 Å². The Morgan fingerprint density at radius 1 is 1.33 bits per heavy atom. The van der Waals surface area contributed by atoms with Crippen molar-refractivity contribution in [3.05, 3.63) is 11.7 Å². The van der Waals surface area contributed by atoms with E-state index in [1.54, 1.807) is 0 Å². The first kappa shape index (κ1) is 13.5. The Hall–Kier alpha value is -0.940. The first-order valence-corrected chi connectivity index (χ1v) is 6.71. The molecule has 1 aromatic rings. The van der Waals surface area contributed by atoms with Crippen molar-refractivity contribution < 1.29 is 4.52 Å². The summed E-state index contributed by atoms with van der Waals surface area (Å²) in [5, 5.41) is 7.46. The zero-order valence-electron chi connectivity index (χ0n) is 11.9. The van der Waals surface area contributed by atoms with Gasteiger partial charge in [-0.2, -0.15) is 4.98 Å². The third-order valence-corrected chi connectivity index (χ3v) is 3.43. The molecule has 102 valence electrons. The maximum absolute atomic E-state index is 5.32. The van der Waals surface area contributed by atoms with Crippen molar-refractivity contribution in [3.8, 4) is 0 Å². The Kier molecular flexibility index (Phi) is 4.02. The normalized spacial score (nSPS) is 18.5. The van der Waals surface area contributed by atoms with E-state index in [1.165, 1.54) is 12.8 Å². The van der Waals surface area contributed by atoms with Gasteiger partial charge in [0.1, 0.15) is 0 Å². The molecule has 0 unspecified atom stereocenters. The van der Waals surface area contributed by atoms with Gasteiger partial charge in [0.25, 0.3) is 0 Å². The molecular weight excluding hydrogens is 228 g/mol. The Bertz CT molecular complexity index is 377. The maximum Gasteiger partial charge on any atom is 0.232 e. The third-order valence-electron chi connectivity index (χ3n) is 3.43. The largest absolute Gasteiger partial charge is 0.339 e. The highest BCUT2D eigenvalue weighted by atomic mass is 16.5. The number of nitrogens with one attached hydrogen (secondary N) is 1. The second kappa shape index (κ2) is 5.36. The molecule has 0 aromatic carbocycles. The molecule has 0 saturated carbocycles. The molecule has 0 radical (unpaired) electrons. The lowest BCUT2D eigenvalue weighted by molar-refractivity contribution is 0.185. The van der Waals surface area contributed by atoms with Gasteiger partial charge in [-0.15, -0.1) is 0 Å². The predicted molar refractivity (Wildman–Crippen MR) is 70.4 cm³/mol. The number of hydrogen-bond acceptors (Lipinski definition) is 5. The van der Waals surface area contributed by atoms with Gasteiger partial charge in [0.2, 0.25) is 5.89 Å². The lowest BCUT2D eigenvalue weighted by Crippen LogP contribution is -2.40. The first-order chi connectivity index (χ1) is 8.47. The van der Waals surface area contributed by atoms with E-state index in [4.69, 9.17) is 4.52 Å². The van der Waals surface area contributed by atoms with E-state index in [0.29, 0.717) is 6.04 Å². The van der Waals surface area contributed by atoms with E-state index in [0.717, 1.165) is 31.3 Å². The van der Waals surface area contributed by atoms with Gasteiger partial charge < -0.3 is 9.84 Å². The van der Waals surface area contributed by atoms with Crippen LogP contribution in [0.5, 0.6) is 0 Å². The summed E-state index contributed by atoms with van der Waals surface area (Å²) < 4.78 is 5.32. The minimum atomic E-state index is -0.0709. The molecule has 1 fully saturated rings. The van der Waals surface area contributed by atoms with E-state index in [1.807, 2.05) is 0 Å². The summed E-state index contributed by atoms with van der Waals surface area (Å²) in [5.74, 6) is 1.51. The predicted octanol–water partition coefficient (Wildman–Crippen LogP) is 1.55. The molecule has 1 aliphatic heterocycles. The molecule has 0 atom stereocenters. The van der Waals surface area contributed by atoms with Gasteiger partial charge in [0, 0.05) is 11.5 Å². The average Bonchev–Trinajstić information content (AvgIpc) is 2.78. The molecule has 18 heavy (non-hydrogen) atoms. The minimum Gasteiger partial charge on any atom is -0.339 e. The molecular formula is C13H24N4O. The fourth-order valence-corrected chi connectivity index (χ4v) is 2.22. The lowest BCUT2D eigenvalue weighted by atomic mass is 9.97. The summed E-state index contributed by atoms with van der Waals surface area (Å²) in [6.07, 6.45) is 2.39. The summed E-state index contributed by atoms with van der Waals surface area (Å²) in [6.45, 7) is 9.23. The minimum absolute atomic E-state index is 0.0709. The fraction of sp³-hybridized carbons (Fsp3) is 0.846. The van der Waals surface area contributed by atoms with E-state index in [2.05, 4.69) is 48.2 Å². The summed E-state index contributed by atoms with van der Waals surface area (Å²) in [6, 6.07) is 0.628. The first-order valence-electron chi connectivity index (χ1n) is 6.71. The van der Waals surface area contributed by atoms with Crippen molar-refractivity contribution in [2.45, 2.75) is 51.6 Å². The summed E-state index contributed by atoms with van der Waals surface area (Å²) >= 11 is 0. The molecule has 2 heterocycles. The van der Waals surface area contributed by atoms with Gasteiger partial charge in [-0.3, -0.25) is 4.90 Å². The highest BCUT2D eigenvalue weighted by molar-refractivity contribution is 4.98. The summed E-state index contributed by atoms with van der Waals surface area (Å²) in [7, 11) is 2.14.